The van der Waals surface area contributed by atoms with Gasteiger partial charge in [0.05, 0.1) is 35.9 Å². The number of fused-ring (bicyclic) bond motifs is 1. The predicted molar refractivity (Wildman–Crippen MR) is 131 cm³/mol. The minimum absolute atomic E-state index is 0.351. The Bertz CT molecular complexity index is 1620. The van der Waals surface area contributed by atoms with E-state index >= 15 is 0 Å². The van der Waals surface area contributed by atoms with Crippen molar-refractivity contribution in [2.45, 2.75) is 25.9 Å². The summed E-state index contributed by atoms with van der Waals surface area (Å²) in [6.07, 6.45) is 10.2. The highest BCUT2D eigenvalue weighted by atomic mass is 19.1. The summed E-state index contributed by atoms with van der Waals surface area (Å²) < 4.78 is 19.8. The van der Waals surface area contributed by atoms with Crippen LogP contribution in [0.1, 0.15) is 24.9 Å². The van der Waals surface area contributed by atoms with Gasteiger partial charge in [-0.25, -0.2) is 19.0 Å². The van der Waals surface area contributed by atoms with Gasteiger partial charge in [-0.2, -0.15) is 5.10 Å². The third kappa shape index (κ3) is 4.02. The number of rotatable bonds is 6. The average molecular weight is 484 g/mol. The quantitative estimate of drug-likeness (QED) is 0.391. The number of hydrogen-bond acceptors (Lipinski definition) is 8. The number of halogens is 1. The molecule has 0 aliphatic heterocycles. The van der Waals surface area contributed by atoms with E-state index in [4.69, 9.17) is 0 Å². The van der Waals surface area contributed by atoms with E-state index in [9.17, 15) is 4.39 Å². The Morgan fingerprint density at radius 3 is 2.89 bits per heavy atom. The summed E-state index contributed by atoms with van der Waals surface area (Å²) in [5.74, 6) is 1.94. The lowest BCUT2D eigenvalue weighted by Crippen LogP contribution is -2.17. The van der Waals surface area contributed by atoms with E-state index in [1.54, 1.807) is 34.0 Å². The van der Waals surface area contributed by atoms with E-state index in [2.05, 4.69) is 40.9 Å². The van der Waals surface area contributed by atoms with Crippen molar-refractivity contribution in [3.63, 3.8) is 0 Å². The Morgan fingerprint density at radius 2 is 2.06 bits per heavy atom. The first-order valence-corrected chi connectivity index (χ1v) is 11.4. The van der Waals surface area contributed by atoms with Crippen molar-refractivity contribution >= 4 is 23.1 Å². The number of pyridine rings is 1. The van der Waals surface area contributed by atoms with Crippen LogP contribution >= 0.6 is 0 Å². The maximum absolute atomic E-state index is 14.7. The van der Waals surface area contributed by atoms with Gasteiger partial charge >= 0.3 is 0 Å². The first-order chi connectivity index (χ1) is 17.5. The van der Waals surface area contributed by atoms with Crippen LogP contribution in [-0.4, -0.2) is 55.5 Å². The average Bonchev–Trinajstić information content (AvgIpc) is 3.61. The predicted octanol–water partition coefficient (Wildman–Crippen LogP) is 3.37. The number of hydrogen-bond donors (Lipinski definition) is 1. The Kier molecular flexibility index (Phi) is 5.32. The summed E-state index contributed by atoms with van der Waals surface area (Å²) in [6, 6.07) is 7.54. The van der Waals surface area contributed by atoms with Gasteiger partial charge in [-0.05, 0) is 31.2 Å². The largest absolute Gasteiger partial charge is 0.309 e. The first-order valence-electron chi connectivity index (χ1n) is 11.4. The summed E-state index contributed by atoms with van der Waals surface area (Å²) in [6.45, 7) is 1.91. The topological polar surface area (TPSA) is 117 Å². The van der Waals surface area contributed by atoms with Crippen LogP contribution in [-0.2, 0) is 13.5 Å². The highest BCUT2D eigenvalue weighted by Crippen LogP contribution is 2.26. The molecule has 0 amide bonds. The lowest BCUT2D eigenvalue weighted by Gasteiger charge is -2.18. The third-order valence-electron chi connectivity index (χ3n) is 6.06. The van der Waals surface area contributed by atoms with Crippen LogP contribution in [0, 0.1) is 0 Å². The van der Waals surface area contributed by atoms with Gasteiger partial charge < -0.3 is 5.32 Å². The van der Waals surface area contributed by atoms with Gasteiger partial charge in [-0.1, -0.05) is 16.9 Å². The molecule has 1 atom stereocenters. The molecule has 6 rings (SSSR count). The third-order valence-corrected chi connectivity index (χ3v) is 6.06. The molecule has 0 spiro atoms. The molecule has 0 saturated heterocycles. The molecule has 11 nitrogen and oxygen atoms in total. The maximum atomic E-state index is 14.7. The van der Waals surface area contributed by atoms with Crippen LogP contribution < -0.4 is 5.32 Å². The van der Waals surface area contributed by atoms with Crippen LogP contribution in [0.5, 0.6) is 0 Å². The molecule has 1 aliphatic rings. The number of anilines is 2. The van der Waals surface area contributed by atoms with Crippen molar-refractivity contribution < 1.29 is 4.39 Å². The first kappa shape index (κ1) is 21.8. The monoisotopic (exact) mass is 483 g/mol. The van der Waals surface area contributed by atoms with Gasteiger partial charge in [-0.3, -0.25) is 9.08 Å². The highest BCUT2D eigenvalue weighted by Gasteiger charge is 2.22. The van der Waals surface area contributed by atoms with Crippen LogP contribution in [0.2, 0.25) is 0 Å². The number of allylic oxidation sites excluding steroid dienone is 4. The zero-order chi connectivity index (χ0) is 24.6. The second kappa shape index (κ2) is 8.80. The van der Waals surface area contributed by atoms with Gasteiger partial charge in [0, 0.05) is 37.5 Å². The molecule has 5 aromatic rings. The summed E-state index contributed by atoms with van der Waals surface area (Å²) in [5, 5.41) is 24.1. The molecule has 0 saturated carbocycles. The molecule has 0 aromatic carbocycles. The van der Waals surface area contributed by atoms with Crippen molar-refractivity contribution in [2.24, 2.45) is 7.05 Å². The minimum Gasteiger partial charge on any atom is -0.309 e. The van der Waals surface area contributed by atoms with Crippen molar-refractivity contribution in [3.05, 3.63) is 78.3 Å². The molecule has 36 heavy (non-hydrogen) atoms. The summed E-state index contributed by atoms with van der Waals surface area (Å²) >= 11 is 0. The van der Waals surface area contributed by atoms with E-state index in [1.807, 2.05) is 54.9 Å². The van der Waals surface area contributed by atoms with Crippen molar-refractivity contribution in [3.8, 4) is 11.3 Å². The number of aryl methyl sites for hydroxylation is 1. The number of nitrogens with zero attached hydrogens (tertiary/aromatic N) is 10. The molecule has 0 fully saturated rings. The van der Waals surface area contributed by atoms with Gasteiger partial charge in [0.1, 0.15) is 17.8 Å². The fraction of sp³-hybridized carbons (Fsp3) is 0.208. The summed E-state index contributed by atoms with van der Waals surface area (Å²) in [4.78, 5) is 8.92. The van der Waals surface area contributed by atoms with Crippen LogP contribution in [0.4, 0.5) is 16.2 Å². The summed E-state index contributed by atoms with van der Waals surface area (Å²) in [7, 11) is 1.84. The summed E-state index contributed by atoms with van der Waals surface area (Å²) in [5.41, 5.74) is 4.49. The Morgan fingerprint density at radius 1 is 1.14 bits per heavy atom. The van der Waals surface area contributed by atoms with E-state index in [0.29, 0.717) is 36.0 Å². The molecule has 1 unspecified atom stereocenters. The van der Waals surface area contributed by atoms with Crippen LogP contribution in [0.25, 0.3) is 22.6 Å². The normalized spacial score (nSPS) is 15.7. The molecule has 5 aromatic heterocycles. The molecule has 1 N–H and O–H groups in total. The molecule has 0 radical (unpaired) electrons. The maximum Gasteiger partial charge on any atom is 0.228 e. The molecule has 0 bridgehead atoms. The SMILES string of the molecule is CC1=CC=C(n2nncc2Cc2nnc3cc(-c4ccnc(Nc5ccnn5C)n4)ccn23)C(F)C1. The fourth-order valence-electron chi connectivity index (χ4n) is 4.16. The lowest BCUT2D eigenvalue weighted by atomic mass is 10.0. The van der Waals surface area contributed by atoms with E-state index < -0.39 is 6.17 Å². The fourth-order valence-corrected chi connectivity index (χ4v) is 4.16. The molecule has 12 heteroatoms. The second-order valence-corrected chi connectivity index (χ2v) is 8.58. The van der Waals surface area contributed by atoms with E-state index in [1.165, 1.54) is 0 Å². The van der Waals surface area contributed by atoms with Gasteiger partial charge in [0.25, 0.3) is 0 Å². The molecule has 5 heterocycles. The zero-order valence-electron chi connectivity index (χ0n) is 19.6. The lowest BCUT2D eigenvalue weighted by molar-refractivity contribution is 0.390. The van der Waals surface area contributed by atoms with E-state index in [-0.39, 0.29) is 0 Å². The van der Waals surface area contributed by atoms with E-state index in [0.717, 1.165) is 28.3 Å². The molecule has 180 valence electrons. The van der Waals surface area contributed by atoms with Gasteiger partial charge in [-0.15, -0.1) is 15.3 Å². The number of alkyl halides is 1. The Balaban J connectivity index is 1.27. The Hall–Kier alpha value is -4.74. The standard InChI is InChI=1S/C24H22FN11/c1-15-3-4-20(18(25)11-15)36-17(14-27-33-36)13-23-32-31-22-12-16(7-10-35(22)23)19-5-8-26-24(29-19)30-21-6-9-28-34(21)2/h3-10,12,14,18H,11,13H2,1-2H3,(H,26,29,30). The smallest absolute Gasteiger partial charge is 0.228 e. The molecular weight excluding hydrogens is 461 g/mol. The van der Waals surface area contributed by atoms with Crippen LogP contribution in [0.3, 0.4) is 0 Å². The van der Waals surface area contributed by atoms with Gasteiger partial charge in [0.15, 0.2) is 5.65 Å². The van der Waals surface area contributed by atoms with Crippen molar-refractivity contribution in [1.29, 1.82) is 0 Å². The van der Waals surface area contributed by atoms with Crippen molar-refractivity contribution in [2.75, 3.05) is 5.32 Å². The molecule has 1 aliphatic carbocycles. The minimum atomic E-state index is -1.13. The van der Waals surface area contributed by atoms with Crippen LogP contribution in [0.15, 0.2) is 66.8 Å². The van der Waals surface area contributed by atoms with Crippen molar-refractivity contribution in [1.82, 2.24) is 49.3 Å². The second-order valence-electron chi connectivity index (χ2n) is 8.58. The number of aromatic nitrogens is 10. The highest BCUT2D eigenvalue weighted by molar-refractivity contribution is 5.65. The zero-order valence-corrected chi connectivity index (χ0v) is 19.6. The van der Waals surface area contributed by atoms with Gasteiger partial charge in [0.2, 0.25) is 5.95 Å². The Labute approximate surface area is 205 Å². The molecular formula is C24H22FN11. The number of nitrogens with one attached hydrogen (secondary N) is 1.